The number of hydrogen-bond donors (Lipinski definition) is 1. The fraction of sp³-hybridized carbons (Fsp3) is 0.238. The smallest absolute Gasteiger partial charge is 0.378 e. The van der Waals surface area contributed by atoms with Crippen LogP contribution in [0.1, 0.15) is 16.1 Å². The summed E-state index contributed by atoms with van der Waals surface area (Å²) < 4.78 is 46.5. The maximum Gasteiger partial charge on any atom is 0.416 e. The number of morpholine rings is 1. The molecule has 0 spiro atoms. The average Bonchev–Trinajstić information content (AvgIpc) is 3.25. The van der Waals surface area contributed by atoms with Crippen molar-refractivity contribution in [2.75, 3.05) is 36.5 Å². The van der Waals surface area contributed by atoms with Crippen molar-refractivity contribution in [1.82, 2.24) is 9.78 Å². The Hall–Kier alpha value is -3.33. The molecular weight excluding hydrogens is 397 g/mol. The lowest BCUT2D eigenvalue weighted by Gasteiger charge is -2.31. The molecule has 0 radical (unpaired) electrons. The second kappa shape index (κ2) is 8.19. The number of para-hydroxylation sites is 1. The number of benzene rings is 2. The topological polar surface area (TPSA) is 59.4 Å². The van der Waals surface area contributed by atoms with Crippen LogP contribution in [0.25, 0.3) is 5.69 Å². The lowest BCUT2D eigenvalue weighted by molar-refractivity contribution is -0.137. The van der Waals surface area contributed by atoms with Crippen LogP contribution in [0.5, 0.6) is 0 Å². The van der Waals surface area contributed by atoms with Crippen LogP contribution in [-0.2, 0) is 10.9 Å². The van der Waals surface area contributed by atoms with E-state index in [1.54, 1.807) is 6.20 Å². The summed E-state index contributed by atoms with van der Waals surface area (Å²) in [5, 5.41) is 6.84. The monoisotopic (exact) mass is 416 g/mol. The van der Waals surface area contributed by atoms with Crippen LogP contribution in [0.3, 0.4) is 0 Å². The zero-order chi connectivity index (χ0) is 21.1. The molecule has 1 saturated heterocycles. The number of ether oxygens (including phenoxy) is 1. The molecule has 0 bridgehead atoms. The second-order valence-corrected chi connectivity index (χ2v) is 6.76. The highest BCUT2D eigenvalue weighted by Crippen LogP contribution is 2.36. The third-order valence-electron chi connectivity index (χ3n) is 4.77. The molecule has 0 aliphatic carbocycles. The Morgan fingerprint density at radius 3 is 2.47 bits per heavy atom. The number of carbonyl (C=O) groups excluding carboxylic acids is 1. The molecular formula is C21H19F3N4O2. The molecule has 4 rings (SSSR count). The van der Waals surface area contributed by atoms with Gasteiger partial charge in [-0.1, -0.05) is 18.2 Å². The number of alkyl halides is 3. The van der Waals surface area contributed by atoms with E-state index in [1.807, 2.05) is 35.2 Å². The highest BCUT2D eigenvalue weighted by atomic mass is 19.4. The number of hydrogen-bond acceptors (Lipinski definition) is 4. The van der Waals surface area contributed by atoms with E-state index in [4.69, 9.17) is 4.74 Å². The summed E-state index contributed by atoms with van der Waals surface area (Å²) in [6.07, 6.45) is -2.89. The Morgan fingerprint density at radius 1 is 1.03 bits per heavy atom. The van der Waals surface area contributed by atoms with E-state index in [0.717, 1.165) is 17.8 Å². The van der Waals surface area contributed by atoms with Crippen molar-refractivity contribution in [1.29, 1.82) is 0 Å². The molecule has 0 atom stereocenters. The van der Waals surface area contributed by atoms with Crippen molar-refractivity contribution in [3.05, 3.63) is 72.1 Å². The molecule has 3 aromatic rings. The van der Waals surface area contributed by atoms with Gasteiger partial charge in [-0.2, -0.15) is 18.3 Å². The van der Waals surface area contributed by atoms with Gasteiger partial charge >= 0.3 is 6.18 Å². The Morgan fingerprint density at radius 2 is 1.77 bits per heavy atom. The zero-order valence-electron chi connectivity index (χ0n) is 15.9. The van der Waals surface area contributed by atoms with Gasteiger partial charge in [0.2, 0.25) is 0 Å². The predicted octanol–water partition coefficient (Wildman–Crippen LogP) is 3.98. The maximum atomic E-state index is 13.2. The van der Waals surface area contributed by atoms with E-state index >= 15 is 0 Å². The van der Waals surface area contributed by atoms with Gasteiger partial charge in [0.05, 0.1) is 35.8 Å². The standard InChI is InChI=1S/C21H19F3N4O2/c22-21(23,24)15-6-7-19(27-10-12-30-13-11-27)18(14-15)25-20(29)17-8-9-28(26-17)16-4-2-1-3-5-16/h1-9,14H,10-13H2,(H,25,29). The molecule has 2 heterocycles. The molecule has 1 amide bonds. The van der Waals surface area contributed by atoms with Gasteiger partial charge in [-0.25, -0.2) is 4.68 Å². The van der Waals surface area contributed by atoms with Crippen LogP contribution in [-0.4, -0.2) is 42.0 Å². The minimum atomic E-state index is -4.52. The Kier molecular flexibility index (Phi) is 5.45. The first-order valence-corrected chi connectivity index (χ1v) is 9.38. The molecule has 156 valence electrons. The van der Waals surface area contributed by atoms with Crippen molar-refractivity contribution >= 4 is 17.3 Å². The van der Waals surface area contributed by atoms with E-state index < -0.39 is 17.6 Å². The van der Waals surface area contributed by atoms with E-state index in [1.165, 1.54) is 16.8 Å². The van der Waals surface area contributed by atoms with Gasteiger partial charge in [0.25, 0.3) is 5.91 Å². The van der Waals surface area contributed by atoms with Crippen molar-refractivity contribution in [3.8, 4) is 5.69 Å². The SMILES string of the molecule is O=C(Nc1cc(C(F)(F)F)ccc1N1CCOCC1)c1ccn(-c2ccccc2)n1. The van der Waals surface area contributed by atoms with Crippen molar-refractivity contribution in [3.63, 3.8) is 0 Å². The summed E-state index contributed by atoms with van der Waals surface area (Å²) >= 11 is 0. The zero-order valence-corrected chi connectivity index (χ0v) is 15.9. The van der Waals surface area contributed by atoms with E-state index in [-0.39, 0.29) is 11.4 Å². The molecule has 1 aliphatic rings. The highest BCUT2D eigenvalue weighted by molar-refractivity contribution is 6.04. The summed E-state index contributed by atoms with van der Waals surface area (Å²) in [5.41, 5.74) is 0.645. The van der Waals surface area contributed by atoms with E-state index in [0.29, 0.717) is 32.0 Å². The molecule has 0 saturated carbocycles. The van der Waals surface area contributed by atoms with Crippen molar-refractivity contribution in [2.45, 2.75) is 6.18 Å². The van der Waals surface area contributed by atoms with Crippen LogP contribution in [0, 0.1) is 0 Å². The third-order valence-corrected chi connectivity index (χ3v) is 4.77. The quantitative estimate of drug-likeness (QED) is 0.699. The number of halogens is 3. The lowest BCUT2D eigenvalue weighted by Crippen LogP contribution is -2.36. The van der Waals surface area contributed by atoms with Gasteiger partial charge in [0.1, 0.15) is 0 Å². The largest absolute Gasteiger partial charge is 0.416 e. The van der Waals surface area contributed by atoms with E-state index in [2.05, 4.69) is 10.4 Å². The van der Waals surface area contributed by atoms with Crippen molar-refractivity contribution in [2.24, 2.45) is 0 Å². The summed E-state index contributed by atoms with van der Waals surface area (Å²) in [6.45, 7) is 1.99. The van der Waals surface area contributed by atoms with Crippen LogP contribution in [0.4, 0.5) is 24.5 Å². The van der Waals surface area contributed by atoms with Gasteiger partial charge in [-0.15, -0.1) is 0 Å². The first kappa shape index (κ1) is 20.0. The highest BCUT2D eigenvalue weighted by Gasteiger charge is 2.32. The fourth-order valence-electron chi connectivity index (χ4n) is 3.25. The Bertz CT molecular complexity index is 1030. The predicted molar refractivity (Wildman–Crippen MR) is 106 cm³/mol. The second-order valence-electron chi connectivity index (χ2n) is 6.76. The summed E-state index contributed by atoms with van der Waals surface area (Å²) in [4.78, 5) is 14.6. The summed E-state index contributed by atoms with van der Waals surface area (Å²) in [7, 11) is 0. The average molecular weight is 416 g/mol. The fourth-order valence-corrected chi connectivity index (χ4v) is 3.25. The number of anilines is 2. The molecule has 0 unspecified atom stereocenters. The molecule has 1 N–H and O–H groups in total. The normalized spacial score (nSPS) is 14.6. The third kappa shape index (κ3) is 4.30. The minimum Gasteiger partial charge on any atom is -0.378 e. The first-order chi connectivity index (χ1) is 14.4. The van der Waals surface area contributed by atoms with Crippen LogP contribution in [0.15, 0.2) is 60.8 Å². The van der Waals surface area contributed by atoms with Gasteiger partial charge in [-0.3, -0.25) is 4.79 Å². The molecule has 6 nitrogen and oxygen atoms in total. The minimum absolute atomic E-state index is 0.0889. The number of aromatic nitrogens is 2. The number of carbonyl (C=O) groups is 1. The summed E-state index contributed by atoms with van der Waals surface area (Å²) in [6, 6.07) is 14.1. The molecule has 1 fully saturated rings. The number of nitrogens with one attached hydrogen (secondary N) is 1. The van der Waals surface area contributed by atoms with Crippen LogP contribution in [0.2, 0.25) is 0 Å². The Labute approximate surface area is 170 Å². The van der Waals surface area contributed by atoms with Gasteiger partial charge < -0.3 is 15.0 Å². The van der Waals surface area contributed by atoms with E-state index in [9.17, 15) is 18.0 Å². The number of rotatable bonds is 4. The first-order valence-electron chi connectivity index (χ1n) is 9.38. The molecule has 9 heteroatoms. The summed E-state index contributed by atoms with van der Waals surface area (Å²) in [5.74, 6) is -0.585. The Balaban J connectivity index is 1.62. The molecule has 30 heavy (non-hydrogen) atoms. The van der Waals surface area contributed by atoms with Gasteiger partial charge in [0.15, 0.2) is 5.69 Å². The molecule has 2 aromatic carbocycles. The number of amides is 1. The van der Waals surface area contributed by atoms with Crippen molar-refractivity contribution < 1.29 is 22.7 Å². The van der Waals surface area contributed by atoms with Gasteiger partial charge in [0, 0.05) is 19.3 Å². The molecule has 1 aliphatic heterocycles. The molecule has 1 aromatic heterocycles. The lowest BCUT2D eigenvalue weighted by atomic mass is 10.1. The maximum absolute atomic E-state index is 13.2. The van der Waals surface area contributed by atoms with Crippen LogP contribution < -0.4 is 10.2 Å². The number of nitrogens with zero attached hydrogens (tertiary/aromatic N) is 3. The van der Waals surface area contributed by atoms with Gasteiger partial charge in [-0.05, 0) is 36.4 Å². The van der Waals surface area contributed by atoms with Crippen LogP contribution >= 0.6 is 0 Å².